The molecule has 0 bridgehead atoms. The Morgan fingerprint density at radius 3 is 2.70 bits per heavy atom. The molecule has 118 valence electrons. The summed E-state index contributed by atoms with van der Waals surface area (Å²) in [6, 6.07) is 5.98. The van der Waals surface area contributed by atoms with Crippen molar-refractivity contribution in [2.45, 2.75) is 25.3 Å². The summed E-state index contributed by atoms with van der Waals surface area (Å²) in [7, 11) is 0. The van der Waals surface area contributed by atoms with E-state index in [1.54, 1.807) is 23.7 Å². The topological polar surface area (TPSA) is 55.1 Å². The Kier molecular flexibility index (Phi) is 4.17. The van der Waals surface area contributed by atoms with Crippen LogP contribution in [-0.4, -0.2) is 33.2 Å². The Labute approximate surface area is 139 Å². The fourth-order valence-electron chi connectivity index (χ4n) is 2.99. The number of rotatable bonds is 4. The first-order valence-electron chi connectivity index (χ1n) is 7.86. The molecule has 4 heterocycles. The summed E-state index contributed by atoms with van der Waals surface area (Å²) in [6.45, 7) is 3.20. The van der Waals surface area contributed by atoms with Crippen molar-refractivity contribution in [3.8, 4) is 11.5 Å². The van der Waals surface area contributed by atoms with E-state index in [-0.39, 0.29) is 0 Å². The zero-order chi connectivity index (χ0) is 15.5. The third-order valence-corrected chi connectivity index (χ3v) is 5.02. The van der Waals surface area contributed by atoms with Crippen molar-refractivity contribution < 1.29 is 4.42 Å². The van der Waals surface area contributed by atoms with Gasteiger partial charge in [0.15, 0.2) is 0 Å². The normalized spacial score (nSPS) is 16.7. The average molecular weight is 326 g/mol. The van der Waals surface area contributed by atoms with Crippen LogP contribution in [0.4, 0.5) is 0 Å². The van der Waals surface area contributed by atoms with Gasteiger partial charge in [0.25, 0.3) is 0 Å². The molecule has 0 amide bonds. The summed E-state index contributed by atoms with van der Waals surface area (Å²) in [6.07, 6.45) is 5.62. The van der Waals surface area contributed by atoms with Gasteiger partial charge in [-0.3, -0.25) is 9.88 Å². The lowest BCUT2D eigenvalue weighted by atomic mass is 9.96. The molecule has 0 aromatic carbocycles. The maximum Gasteiger partial charge on any atom is 0.247 e. The predicted molar refractivity (Wildman–Crippen MR) is 89.1 cm³/mol. The van der Waals surface area contributed by atoms with Crippen molar-refractivity contribution in [3.05, 3.63) is 52.8 Å². The van der Waals surface area contributed by atoms with Crippen LogP contribution < -0.4 is 0 Å². The minimum atomic E-state index is 0.372. The highest BCUT2D eigenvalue weighted by Crippen LogP contribution is 2.29. The maximum absolute atomic E-state index is 5.88. The molecule has 0 N–H and O–H groups in total. The molecule has 1 aliphatic rings. The summed E-state index contributed by atoms with van der Waals surface area (Å²) in [5.41, 5.74) is 2.33. The summed E-state index contributed by atoms with van der Waals surface area (Å²) in [5.74, 6) is 1.73. The van der Waals surface area contributed by atoms with Crippen molar-refractivity contribution in [1.29, 1.82) is 0 Å². The van der Waals surface area contributed by atoms with Gasteiger partial charge in [-0.1, -0.05) is 0 Å². The first kappa shape index (κ1) is 14.5. The van der Waals surface area contributed by atoms with Gasteiger partial charge in [0.05, 0.1) is 0 Å². The van der Waals surface area contributed by atoms with Crippen LogP contribution in [0, 0.1) is 0 Å². The van der Waals surface area contributed by atoms with E-state index >= 15 is 0 Å². The van der Waals surface area contributed by atoms with Crippen LogP contribution in [0.1, 0.15) is 30.2 Å². The second kappa shape index (κ2) is 6.60. The fraction of sp³-hybridized carbons (Fsp3) is 0.353. The number of hydrogen-bond acceptors (Lipinski definition) is 6. The Bertz CT molecular complexity index is 733. The maximum atomic E-state index is 5.88. The minimum absolute atomic E-state index is 0.372. The molecule has 0 unspecified atom stereocenters. The van der Waals surface area contributed by atoms with Crippen LogP contribution in [0.5, 0.6) is 0 Å². The first-order valence-corrected chi connectivity index (χ1v) is 8.80. The number of aromatic nitrogens is 3. The Balaban J connectivity index is 1.38. The Morgan fingerprint density at radius 1 is 1.13 bits per heavy atom. The van der Waals surface area contributed by atoms with E-state index in [0.29, 0.717) is 11.8 Å². The number of hydrogen-bond donors (Lipinski definition) is 0. The van der Waals surface area contributed by atoms with Crippen LogP contribution in [0.3, 0.4) is 0 Å². The van der Waals surface area contributed by atoms with E-state index in [4.69, 9.17) is 4.42 Å². The summed E-state index contributed by atoms with van der Waals surface area (Å²) < 4.78 is 5.88. The van der Waals surface area contributed by atoms with Gasteiger partial charge in [-0.2, -0.15) is 11.3 Å². The van der Waals surface area contributed by atoms with E-state index in [1.165, 1.54) is 5.56 Å². The molecule has 3 aromatic rings. The molecule has 4 rings (SSSR count). The van der Waals surface area contributed by atoms with Crippen LogP contribution in [0.2, 0.25) is 0 Å². The van der Waals surface area contributed by atoms with Crippen molar-refractivity contribution in [3.63, 3.8) is 0 Å². The molecule has 6 heteroatoms. The molecule has 5 nitrogen and oxygen atoms in total. The Morgan fingerprint density at radius 2 is 1.96 bits per heavy atom. The van der Waals surface area contributed by atoms with Gasteiger partial charge < -0.3 is 4.42 Å². The number of thiophene rings is 1. The highest BCUT2D eigenvalue weighted by Gasteiger charge is 2.25. The molecule has 0 spiro atoms. The van der Waals surface area contributed by atoms with Crippen LogP contribution in [-0.2, 0) is 6.54 Å². The second-order valence-electron chi connectivity index (χ2n) is 5.86. The summed E-state index contributed by atoms with van der Waals surface area (Å²) >= 11 is 1.76. The van der Waals surface area contributed by atoms with Crippen LogP contribution >= 0.6 is 11.3 Å². The number of piperidine rings is 1. The molecule has 23 heavy (non-hydrogen) atoms. The van der Waals surface area contributed by atoms with Crippen molar-refractivity contribution >= 4 is 11.3 Å². The third-order valence-electron chi connectivity index (χ3n) is 4.29. The number of pyridine rings is 1. The van der Waals surface area contributed by atoms with E-state index in [2.05, 4.69) is 36.9 Å². The molecular formula is C17H18N4OS. The zero-order valence-electron chi connectivity index (χ0n) is 12.8. The van der Waals surface area contributed by atoms with Gasteiger partial charge in [-0.15, -0.1) is 10.2 Å². The van der Waals surface area contributed by atoms with E-state index in [9.17, 15) is 0 Å². The Hall–Kier alpha value is -2.05. The lowest BCUT2D eigenvalue weighted by Crippen LogP contribution is -2.32. The predicted octanol–water partition coefficient (Wildman–Crippen LogP) is 3.57. The average Bonchev–Trinajstić information content (AvgIpc) is 3.28. The number of likely N-dealkylation sites (tertiary alicyclic amines) is 1. The van der Waals surface area contributed by atoms with Gasteiger partial charge in [-0.05, 0) is 60.5 Å². The largest absolute Gasteiger partial charge is 0.420 e. The van der Waals surface area contributed by atoms with E-state index in [0.717, 1.165) is 43.9 Å². The highest BCUT2D eigenvalue weighted by atomic mass is 32.1. The van der Waals surface area contributed by atoms with E-state index in [1.807, 2.05) is 12.1 Å². The summed E-state index contributed by atoms with van der Waals surface area (Å²) in [4.78, 5) is 6.51. The number of nitrogens with zero attached hydrogens (tertiary/aromatic N) is 4. The lowest BCUT2D eigenvalue weighted by Gasteiger charge is -2.30. The SMILES string of the molecule is c1cc(-c2nnc(C3CCN(Cc4ccsc4)CC3)o2)ccn1. The molecule has 0 saturated carbocycles. The van der Waals surface area contributed by atoms with E-state index < -0.39 is 0 Å². The summed E-state index contributed by atoms with van der Waals surface area (Å²) in [5, 5.41) is 12.8. The van der Waals surface area contributed by atoms with Gasteiger partial charge in [0, 0.05) is 30.4 Å². The minimum Gasteiger partial charge on any atom is -0.420 e. The molecule has 1 aliphatic heterocycles. The lowest BCUT2D eigenvalue weighted by molar-refractivity contribution is 0.193. The molecule has 1 saturated heterocycles. The zero-order valence-corrected chi connectivity index (χ0v) is 13.6. The van der Waals surface area contributed by atoms with Crippen LogP contribution in [0.25, 0.3) is 11.5 Å². The van der Waals surface area contributed by atoms with Crippen molar-refractivity contribution in [2.75, 3.05) is 13.1 Å². The standard InChI is InChI=1S/C17H18N4OS/c1-6-18-7-2-14(1)16-19-20-17(22-16)15-3-8-21(9-4-15)11-13-5-10-23-12-13/h1-2,5-7,10,12,15H,3-4,8-9,11H2. The first-order chi connectivity index (χ1) is 11.4. The van der Waals surface area contributed by atoms with Gasteiger partial charge in [-0.25, -0.2) is 0 Å². The van der Waals surface area contributed by atoms with Crippen molar-refractivity contribution in [2.24, 2.45) is 0 Å². The smallest absolute Gasteiger partial charge is 0.247 e. The fourth-order valence-corrected chi connectivity index (χ4v) is 3.65. The molecule has 3 aromatic heterocycles. The van der Waals surface area contributed by atoms with Gasteiger partial charge in [0.1, 0.15) is 0 Å². The molecule has 0 atom stereocenters. The quantitative estimate of drug-likeness (QED) is 0.733. The molecule has 1 fully saturated rings. The second-order valence-corrected chi connectivity index (χ2v) is 6.64. The third kappa shape index (κ3) is 3.33. The highest BCUT2D eigenvalue weighted by molar-refractivity contribution is 7.07. The van der Waals surface area contributed by atoms with Gasteiger partial charge >= 0.3 is 0 Å². The van der Waals surface area contributed by atoms with Crippen molar-refractivity contribution in [1.82, 2.24) is 20.1 Å². The van der Waals surface area contributed by atoms with Crippen LogP contribution in [0.15, 0.2) is 45.8 Å². The van der Waals surface area contributed by atoms with Gasteiger partial charge in [0.2, 0.25) is 11.8 Å². The molecule has 0 aliphatic carbocycles. The molecular weight excluding hydrogens is 308 g/mol. The molecule has 0 radical (unpaired) electrons. The monoisotopic (exact) mass is 326 g/mol.